The van der Waals surface area contributed by atoms with Gasteiger partial charge in [-0.2, -0.15) is 5.10 Å². The monoisotopic (exact) mass is 523 g/mol. The fraction of sp³-hybridized carbons (Fsp3) is 0.152. The van der Waals surface area contributed by atoms with Crippen molar-refractivity contribution in [3.63, 3.8) is 0 Å². The lowest BCUT2D eigenvalue weighted by Crippen LogP contribution is -2.24. The molecule has 3 aromatic heterocycles. The lowest BCUT2D eigenvalue weighted by Gasteiger charge is -2.28. The zero-order chi connectivity index (χ0) is 27.5. The minimum atomic E-state index is 0.810. The number of nitrogens with zero attached hydrogens (tertiary/aromatic N) is 7. The van der Waals surface area contributed by atoms with E-state index in [4.69, 9.17) is 9.97 Å². The van der Waals surface area contributed by atoms with E-state index in [9.17, 15) is 0 Å². The minimum Gasteiger partial charge on any atom is -0.276 e. The van der Waals surface area contributed by atoms with E-state index in [1.165, 1.54) is 22.3 Å². The molecule has 1 aliphatic heterocycles. The molecule has 7 rings (SSSR count). The number of allylic oxidation sites excluding steroid dienone is 1. The van der Waals surface area contributed by atoms with Gasteiger partial charge in [0.25, 0.3) is 0 Å². The maximum absolute atomic E-state index is 5.23. The van der Waals surface area contributed by atoms with Crippen molar-refractivity contribution in [1.82, 2.24) is 24.6 Å². The van der Waals surface area contributed by atoms with E-state index in [1.54, 1.807) is 6.33 Å². The molecule has 40 heavy (non-hydrogen) atoms. The van der Waals surface area contributed by atoms with Crippen LogP contribution in [-0.4, -0.2) is 24.6 Å². The first-order valence-corrected chi connectivity index (χ1v) is 13.4. The van der Waals surface area contributed by atoms with Gasteiger partial charge in [-0.3, -0.25) is 9.80 Å². The fourth-order valence-electron chi connectivity index (χ4n) is 5.83. The average Bonchev–Trinajstić information content (AvgIpc) is 3.58. The molecule has 7 heteroatoms. The molecule has 0 saturated carbocycles. The van der Waals surface area contributed by atoms with Gasteiger partial charge in [0.15, 0.2) is 11.6 Å². The highest BCUT2D eigenvalue weighted by Crippen LogP contribution is 2.51. The molecular formula is C33H29N7. The van der Waals surface area contributed by atoms with E-state index >= 15 is 0 Å². The van der Waals surface area contributed by atoms with Crippen molar-refractivity contribution in [2.45, 2.75) is 34.6 Å². The van der Waals surface area contributed by atoms with Crippen LogP contribution in [-0.2, 0) is 0 Å². The lowest BCUT2D eigenvalue weighted by atomic mass is 10.1. The Labute approximate surface area is 232 Å². The van der Waals surface area contributed by atoms with Crippen LogP contribution in [0.5, 0.6) is 0 Å². The van der Waals surface area contributed by atoms with Gasteiger partial charge in [0.2, 0.25) is 0 Å². The summed E-state index contributed by atoms with van der Waals surface area (Å²) in [6.07, 6.45) is 7.91. The smallest absolute Gasteiger partial charge is 0.183 e. The second kappa shape index (κ2) is 9.02. The van der Waals surface area contributed by atoms with Gasteiger partial charge < -0.3 is 0 Å². The van der Waals surface area contributed by atoms with Crippen LogP contribution in [0.15, 0.2) is 85.1 Å². The quantitative estimate of drug-likeness (QED) is 0.262. The van der Waals surface area contributed by atoms with Gasteiger partial charge in [-0.1, -0.05) is 48.5 Å². The van der Waals surface area contributed by atoms with Crippen LogP contribution in [0.3, 0.4) is 0 Å². The van der Waals surface area contributed by atoms with E-state index in [-0.39, 0.29) is 0 Å². The highest BCUT2D eigenvalue weighted by Gasteiger charge is 2.38. The highest BCUT2D eigenvalue weighted by atomic mass is 15.5. The Kier molecular flexibility index (Phi) is 5.42. The molecule has 0 N–H and O–H groups in total. The summed E-state index contributed by atoms with van der Waals surface area (Å²) in [4.78, 5) is 19.3. The molecule has 0 aliphatic carbocycles. The molecule has 0 fully saturated rings. The zero-order valence-electron chi connectivity index (χ0n) is 23.2. The lowest BCUT2D eigenvalue weighted by molar-refractivity contribution is 0.929. The van der Waals surface area contributed by atoms with Gasteiger partial charge in [0.1, 0.15) is 12.1 Å². The van der Waals surface area contributed by atoms with Crippen LogP contribution in [0, 0.1) is 34.6 Å². The highest BCUT2D eigenvalue weighted by molar-refractivity contribution is 5.95. The number of benzene rings is 3. The third-order valence-electron chi connectivity index (χ3n) is 7.68. The van der Waals surface area contributed by atoms with Crippen LogP contribution in [0.1, 0.15) is 27.9 Å². The van der Waals surface area contributed by atoms with Crippen molar-refractivity contribution >= 4 is 45.6 Å². The van der Waals surface area contributed by atoms with E-state index in [0.29, 0.717) is 0 Å². The number of aromatic nitrogens is 5. The number of fused-ring (bicyclic) bond motifs is 3. The summed E-state index contributed by atoms with van der Waals surface area (Å²) in [5.41, 5.74) is 10.5. The second-order valence-corrected chi connectivity index (χ2v) is 10.4. The first-order valence-electron chi connectivity index (χ1n) is 13.4. The Morgan fingerprint density at radius 1 is 0.625 bits per heavy atom. The first kappa shape index (κ1) is 24.0. The molecule has 0 atom stereocenters. The van der Waals surface area contributed by atoms with E-state index in [2.05, 4.69) is 96.1 Å². The largest absolute Gasteiger partial charge is 0.276 e. The third kappa shape index (κ3) is 3.58. The Balaban J connectivity index is 1.60. The molecule has 0 spiro atoms. The maximum atomic E-state index is 5.23. The second-order valence-electron chi connectivity index (χ2n) is 10.4. The summed E-state index contributed by atoms with van der Waals surface area (Å²) in [7, 11) is 0. The summed E-state index contributed by atoms with van der Waals surface area (Å²) in [5, 5.41) is 5.68. The van der Waals surface area contributed by atoms with Gasteiger partial charge in [-0.05, 0) is 81.2 Å². The van der Waals surface area contributed by atoms with Crippen molar-refractivity contribution < 1.29 is 0 Å². The zero-order valence-corrected chi connectivity index (χ0v) is 23.2. The molecule has 0 radical (unpaired) electrons. The van der Waals surface area contributed by atoms with Gasteiger partial charge in [0, 0.05) is 5.22 Å². The van der Waals surface area contributed by atoms with Gasteiger partial charge >= 0.3 is 0 Å². The molecule has 3 aromatic carbocycles. The van der Waals surface area contributed by atoms with Crippen LogP contribution in [0.25, 0.3) is 22.6 Å². The molecule has 1 aliphatic rings. The molecule has 4 heterocycles. The summed E-state index contributed by atoms with van der Waals surface area (Å²) in [6.45, 7) is 10.6. The number of para-hydroxylation sites is 4. The van der Waals surface area contributed by atoms with Crippen LogP contribution >= 0.6 is 0 Å². The summed E-state index contributed by atoms with van der Waals surface area (Å²) in [6, 6.07) is 20.9. The fourth-order valence-corrected chi connectivity index (χ4v) is 5.83. The molecule has 6 aromatic rings. The predicted octanol–water partition coefficient (Wildman–Crippen LogP) is 6.55. The first-order chi connectivity index (χ1) is 19.4. The number of hydrogen-bond acceptors (Lipinski definition) is 6. The molecule has 0 unspecified atom stereocenters. The Hall–Kier alpha value is -5.04. The molecule has 196 valence electrons. The van der Waals surface area contributed by atoms with Gasteiger partial charge in [0.05, 0.1) is 39.8 Å². The topological polar surface area (TPSA) is 62.5 Å². The molecule has 0 saturated heterocycles. The summed E-state index contributed by atoms with van der Waals surface area (Å²) >= 11 is 0. The van der Waals surface area contributed by atoms with Crippen LogP contribution in [0.2, 0.25) is 0 Å². The SMILES string of the molecule is Cc1cccc(C)c1N1C(=C/C=c2/c(C)nn3cncc23)N(c2c(C)cccc2C)c2nc3ccccc3nc21. The van der Waals surface area contributed by atoms with Crippen molar-refractivity contribution in [2.75, 3.05) is 9.80 Å². The number of aryl methyl sites for hydroxylation is 5. The number of rotatable bonds is 3. The molecule has 0 amide bonds. The standard InChI is InChI=1S/C33H29N7/c1-20-10-8-11-21(2)30(20)39-29(17-16-25-24(5)37-38-19-34-18-28(25)38)40(31-22(3)12-9-13-23(31)4)33-32(39)35-26-14-6-7-15-27(26)36-33/h6-19H,1-5H3/b25-16-. The molecule has 0 bridgehead atoms. The van der Waals surface area contributed by atoms with Crippen LogP contribution in [0.4, 0.5) is 23.0 Å². The van der Waals surface area contributed by atoms with Gasteiger partial charge in [-0.25, -0.2) is 19.5 Å². The van der Waals surface area contributed by atoms with Crippen molar-refractivity contribution in [2.24, 2.45) is 0 Å². The molecule has 7 nitrogen and oxygen atoms in total. The number of imidazole rings is 1. The van der Waals surface area contributed by atoms with Gasteiger partial charge in [-0.15, -0.1) is 0 Å². The third-order valence-corrected chi connectivity index (χ3v) is 7.68. The van der Waals surface area contributed by atoms with Crippen molar-refractivity contribution in [1.29, 1.82) is 0 Å². The normalized spacial score (nSPS) is 13.6. The summed E-state index contributed by atoms with van der Waals surface area (Å²) in [5.74, 6) is 2.58. The number of anilines is 4. The maximum Gasteiger partial charge on any atom is 0.183 e. The minimum absolute atomic E-state index is 0.810. The van der Waals surface area contributed by atoms with Crippen LogP contribution < -0.4 is 15.0 Å². The van der Waals surface area contributed by atoms with Crippen molar-refractivity contribution in [3.8, 4) is 0 Å². The molecular weight excluding hydrogens is 494 g/mol. The van der Waals surface area contributed by atoms with E-state index in [0.717, 1.165) is 56.3 Å². The Morgan fingerprint density at radius 2 is 1.15 bits per heavy atom. The Bertz CT molecular complexity index is 1900. The van der Waals surface area contributed by atoms with Crippen molar-refractivity contribution in [3.05, 3.63) is 118 Å². The summed E-state index contributed by atoms with van der Waals surface area (Å²) < 4.78 is 1.82. The predicted molar refractivity (Wildman–Crippen MR) is 161 cm³/mol. The van der Waals surface area contributed by atoms with E-state index in [1.807, 2.05) is 41.9 Å². The number of hydrogen-bond donors (Lipinski definition) is 0. The van der Waals surface area contributed by atoms with E-state index < -0.39 is 0 Å². The average molecular weight is 524 g/mol. The Morgan fingerprint density at radius 3 is 1.68 bits per heavy atom.